The van der Waals surface area contributed by atoms with Crippen LogP contribution >= 0.6 is 0 Å². The Morgan fingerprint density at radius 3 is 2.47 bits per heavy atom. The maximum Gasteiger partial charge on any atom is 0.247 e. The van der Waals surface area contributed by atoms with Crippen molar-refractivity contribution in [3.63, 3.8) is 0 Å². The van der Waals surface area contributed by atoms with Gasteiger partial charge in [-0.15, -0.1) is 0 Å². The fraction of sp³-hybridized carbons (Fsp3) is 0.727. The first-order valence-electron chi connectivity index (χ1n) is 5.19. The second-order valence-corrected chi connectivity index (χ2v) is 4.24. The molecule has 0 aromatic heterocycles. The average Bonchev–Trinajstić information content (AvgIpc) is 2.14. The summed E-state index contributed by atoms with van der Waals surface area (Å²) in [6.07, 6.45) is 3.81. The van der Waals surface area contributed by atoms with E-state index >= 15 is 0 Å². The number of amides is 1. The Kier molecular flexibility index (Phi) is 8.68. The van der Waals surface area contributed by atoms with Gasteiger partial charge in [0.1, 0.15) is 0 Å². The Labute approximate surface area is 99.5 Å². The van der Waals surface area contributed by atoms with Crippen LogP contribution in [0.4, 0.5) is 0 Å². The van der Waals surface area contributed by atoms with Gasteiger partial charge in [0.15, 0.2) is 6.17 Å². The van der Waals surface area contributed by atoms with E-state index in [1.165, 1.54) is 18.9 Å². The zero-order valence-electron chi connectivity index (χ0n) is 10.2. The second kappa shape index (κ2) is 7.71. The lowest BCUT2D eigenvalue weighted by Gasteiger charge is -2.36. The fourth-order valence-electron chi connectivity index (χ4n) is 1.20. The van der Waals surface area contributed by atoms with Crippen molar-refractivity contribution in [2.24, 2.45) is 0 Å². The van der Waals surface area contributed by atoms with E-state index in [2.05, 4.69) is 32.9 Å². The molecule has 0 aliphatic carbocycles. The third-order valence-corrected chi connectivity index (χ3v) is 2.67. The molecule has 0 saturated carbocycles. The lowest BCUT2D eigenvalue weighted by atomic mass is 10.2. The van der Waals surface area contributed by atoms with Gasteiger partial charge in [-0.25, -0.2) is 0 Å². The topological polar surface area (TPSA) is 29.1 Å². The third kappa shape index (κ3) is 6.52. The largest absolute Gasteiger partial charge is 1.00 e. The molecule has 15 heavy (non-hydrogen) atoms. The lowest BCUT2D eigenvalue weighted by Crippen LogP contribution is -3.00. The maximum atomic E-state index is 11.1. The minimum absolute atomic E-state index is 0. The van der Waals surface area contributed by atoms with Crippen LogP contribution in [0.3, 0.4) is 0 Å². The van der Waals surface area contributed by atoms with Gasteiger partial charge in [0.05, 0.1) is 20.6 Å². The van der Waals surface area contributed by atoms with Crippen LogP contribution in [0.15, 0.2) is 12.7 Å². The molecule has 0 fully saturated rings. The Balaban J connectivity index is 0. The molecule has 0 aromatic carbocycles. The summed E-state index contributed by atoms with van der Waals surface area (Å²) in [5.41, 5.74) is 0. The van der Waals surface area contributed by atoms with Crippen LogP contribution in [0.2, 0.25) is 0 Å². The molecule has 0 aliphatic rings. The molecule has 0 saturated heterocycles. The smallest absolute Gasteiger partial charge is 0.247 e. The predicted molar refractivity (Wildman–Crippen MR) is 59.7 cm³/mol. The molecule has 0 aromatic rings. The Morgan fingerprint density at radius 1 is 1.53 bits per heavy atom. The quantitative estimate of drug-likeness (QED) is 0.339. The van der Waals surface area contributed by atoms with Gasteiger partial charge in [0.25, 0.3) is 0 Å². The van der Waals surface area contributed by atoms with Gasteiger partial charge in [0, 0.05) is 6.92 Å². The first kappa shape index (κ1) is 16.9. The highest BCUT2D eigenvalue weighted by molar-refractivity contribution is 5.86. The van der Waals surface area contributed by atoms with E-state index in [4.69, 9.17) is 0 Å². The molecule has 1 unspecified atom stereocenters. The SMILES string of the molecule is C=CC(=O)NC(C)[N+](C)(C)CCCC.[Cl-]. The van der Waals surface area contributed by atoms with Crippen molar-refractivity contribution >= 4 is 5.91 Å². The Hall–Kier alpha value is -0.540. The number of hydrogen-bond donors (Lipinski definition) is 1. The number of rotatable bonds is 6. The second-order valence-electron chi connectivity index (χ2n) is 4.24. The Morgan fingerprint density at radius 2 is 2.07 bits per heavy atom. The number of quaternary nitrogens is 1. The summed E-state index contributed by atoms with van der Waals surface area (Å²) in [5.74, 6) is -0.0970. The van der Waals surface area contributed by atoms with Crippen molar-refractivity contribution < 1.29 is 21.7 Å². The predicted octanol–water partition coefficient (Wildman–Crippen LogP) is -1.48. The summed E-state index contributed by atoms with van der Waals surface area (Å²) in [6, 6.07) is 0. The van der Waals surface area contributed by atoms with E-state index in [-0.39, 0.29) is 24.5 Å². The van der Waals surface area contributed by atoms with Crippen LogP contribution in [0, 0.1) is 0 Å². The lowest BCUT2D eigenvalue weighted by molar-refractivity contribution is -0.915. The molecule has 90 valence electrons. The molecule has 3 nitrogen and oxygen atoms in total. The molecular weight excluding hydrogens is 212 g/mol. The minimum Gasteiger partial charge on any atom is -1.00 e. The first-order chi connectivity index (χ1) is 6.44. The van der Waals surface area contributed by atoms with Crippen LogP contribution in [0.1, 0.15) is 26.7 Å². The van der Waals surface area contributed by atoms with Gasteiger partial charge < -0.3 is 22.2 Å². The summed E-state index contributed by atoms with van der Waals surface area (Å²) in [7, 11) is 4.26. The summed E-state index contributed by atoms with van der Waals surface area (Å²) in [6.45, 7) is 8.72. The van der Waals surface area contributed by atoms with Gasteiger partial charge >= 0.3 is 0 Å². The number of carbonyl (C=O) groups excluding carboxylic acids is 1. The summed E-state index contributed by atoms with van der Waals surface area (Å²) >= 11 is 0. The van der Waals surface area contributed by atoms with Gasteiger partial charge in [-0.3, -0.25) is 4.79 Å². The number of hydrogen-bond acceptors (Lipinski definition) is 1. The molecule has 0 radical (unpaired) electrons. The minimum atomic E-state index is -0.0970. The molecule has 1 atom stereocenters. The molecular formula is C11H23ClN2O. The zero-order valence-corrected chi connectivity index (χ0v) is 11.0. The van der Waals surface area contributed by atoms with E-state index in [1.54, 1.807) is 0 Å². The van der Waals surface area contributed by atoms with E-state index in [0.717, 1.165) is 11.0 Å². The van der Waals surface area contributed by atoms with Crippen molar-refractivity contribution in [1.29, 1.82) is 0 Å². The van der Waals surface area contributed by atoms with Gasteiger partial charge in [-0.1, -0.05) is 19.9 Å². The van der Waals surface area contributed by atoms with E-state index < -0.39 is 0 Å². The fourth-order valence-corrected chi connectivity index (χ4v) is 1.20. The standard InChI is InChI=1S/C11H22N2O.ClH/c1-6-8-9-13(4,5)10(3)12-11(14)7-2;/h7,10H,2,6,8-9H2,1,3-5H3;1H. The van der Waals surface area contributed by atoms with E-state index in [9.17, 15) is 4.79 Å². The first-order valence-corrected chi connectivity index (χ1v) is 5.19. The van der Waals surface area contributed by atoms with Gasteiger partial charge in [-0.2, -0.15) is 0 Å². The molecule has 1 N–H and O–H groups in total. The van der Waals surface area contributed by atoms with Gasteiger partial charge in [0.2, 0.25) is 5.91 Å². The van der Waals surface area contributed by atoms with E-state index in [1.807, 2.05) is 6.92 Å². The van der Waals surface area contributed by atoms with Crippen molar-refractivity contribution in [2.75, 3.05) is 20.6 Å². The number of unbranched alkanes of at least 4 members (excludes halogenated alkanes) is 1. The Bertz CT molecular complexity index is 205. The van der Waals surface area contributed by atoms with E-state index in [0.29, 0.717) is 0 Å². The van der Waals surface area contributed by atoms with Crippen LogP contribution in [-0.4, -0.2) is 37.2 Å². The molecule has 4 heteroatoms. The molecule has 0 spiro atoms. The normalized spacial score (nSPS) is 12.5. The van der Waals surface area contributed by atoms with Crippen LogP contribution in [-0.2, 0) is 4.79 Å². The van der Waals surface area contributed by atoms with Crippen molar-refractivity contribution in [1.82, 2.24) is 5.32 Å². The highest BCUT2D eigenvalue weighted by atomic mass is 35.5. The third-order valence-electron chi connectivity index (χ3n) is 2.67. The molecule has 0 bridgehead atoms. The molecule has 0 heterocycles. The zero-order chi connectivity index (χ0) is 11.2. The molecule has 1 amide bonds. The number of nitrogens with zero attached hydrogens (tertiary/aromatic N) is 1. The van der Waals surface area contributed by atoms with Gasteiger partial charge in [-0.05, 0) is 12.5 Å². The number of carbonyl (C=O) groups is 1. The van der Waals surface area contributed by atoms with Crippen molar-refractivity contribution in [3.8, 4) is 0 Å². The summed E-state index contributed by atoms with van der Waals surface area (Å²) < 4.78 is 0.813. The summed E-state index contributed by atoms with van der Waals surface area (Å²) in [4.78, 5) is 11.1. The highest BCUT2D eigenvalue weighted by Gasteiger charge is 2.23. The monoisotopic (exact) mass is 234 g/mol. The van der Waals surface area contributed by atoms with Crippen molar-refractivity contribution in [2.45, 2.75) is 32.9 Å². The number of nitrogens with one attached hydrogen (secondary N) is 1. The average molecular weight is 235 g/mol. The summed E-state index contributed by atoms with van der Waals surface area (Å²) in [5, 5.41) is 2.89. The molecule has 0 aliphatic heterocycles. The van der Waals surface area contributed by atoms with Crippen LogP contribution < -0.4 is 17.7 Å². The van der Waals surface area contributed by atoms with Crippen molar-refractivity contribution in [3.05, 3.63) is 12.7 Å². The van der Waals surface area contributed by atoms with Crippen LogP contribution in [0.5, 0.6) is 0 Å². The number of halogens is 1. The maximum absolute atomic E-state index is 11.1. The highest BCUT2D eigenvalue weighted by Crippen LogP contribution is 2.06. The van der Waals surface area contributed by atoms with Crippen LogP contribution in [0.25, 0.3) is 0 Å². The molecule has 0 rings (SSSR count).